The van der Waals surface area contributed by atoms with Gasteiger partial charge in [-0.25, -0.2) is 14.1 Å². The van der Waals surface area contributed by atoms with E-state index in [1.807, 2.05) is 10.6 Å². The summed E-state index contributed by atoms with van der Waals surface area (Å²) in [5.41, 5.74) is 10.0. The van der Waals surface area contributed by atoms with Gasteiger partial charge in [0.1, 0.15) is 17.7 Å². The Labute approximate surface area is 232 Å². The zero-order chi connectivity index (χ0) is 28.5. The summed E-state index contributed by atoms with van der Waals surface area (Å²) in [6, 6.07) is 5.13. The van der Waals surface area contributed by atoms with Crippen LogP contribution in [-0.2, 0) is 29.1 Å². The van der Waals surface area contributed by atoms with Crippen molar-refractivity contribution in [2.75, 3.05) is 7.11 Å². The molecule has 1 aromatic carbocycles. The first-order chi connectivity index (χ1) is 19.9. The van der Waals surface area contributed by atoms with Crippen molar-refractivity contribution in [1.29, 1.82) is 0 Å². The molecule has 0 bridgehead atoms. The molecule has 1 amide bonds. The molecule has 0 radical (unpaired) electrons. The van der Waals surface area contributed by atoms with E-state index >= 15 is 4.39 Å². The number of rotatable bonds is 11. The van der Waals surface area contributed by atoms with E-state index < -0.39 is 17.7 Å². The monoisotopic (exact) mass is 562 g/mol. The highest BCUT2D eigenvalue weighted by Crippen LogP contribution is 2.40. The van der Waals surface area contributed by atoms with Crippen LogP contribution in [0.1, 0.15) is 47.6 Å². The van der Waals surface area contributed by atoms with Crippen LogP contribution in [0, 0.1) is 5.82 Å². The Bertz CT molecular complexity index is 1650. The van der Waals surface area contributed by atoms with Crippen LogP contribution in [0.4, 0.5) is 4.39 Å². The van der Waals surface area contributed by atoms with Gasteiger partial charge in [-0.3, -0.25) is 20.0 Å². The van der Waals surface area contributed by atoms with E-state index in [1.165, 1.54) is 29.7 Å². The lowest BCUT2D eigenvalue weighted by molar-refractivity contribution is -0.137. The minimum atomic E-state index is -0.851. The molecule has 0 spiro atoms. The number of imidazole rings is 1. The predicted molar refractivity (Wildman–Crippen MR) is 141 cm³/mol. The Morgan fingerprint density at radius 1 is 1.27 bits per heavy atom. The molecule has 0 unspecified atom stereocenters. The summed E-state index contributed by atoms with van der Waals surface area (Å²) in [5, 5.41) is 24.5. The number of benzene rings is 1. The first kappa shape index (κ1) is 26.2. The summed E-state index contributed by atoms with van der Waals surface area (Å²) in [6.07, 6.45) is 9.57. The third kappa shape index (κ3) is 5.51. The van der Waals surface area contributed by atoms with E-state index in [2.05, 4.69) is 44.1 Å². The van der Waals surface area contributed by atoms with Crippen molar-refractivity contribution in [3.8, 4) is 11.4 Å². The van der Waals surface area contributed by atoms with Crippen molar-refractivity contribution in [3.63, 3.8) is 0 Å². The lowest BCUT2D eigenvalue weighted by atomic mass is 10.1. The number of amides is 1. The van der Waals surface area contributed by atoms with Crippen LogP contribution >= 0.6 is 0 Å². The quantitative estimate of drug-likeness (QED) is 0.209. The number of carboxylic acid groups (broad SMARTS) is 1. The summed E-state index contributed by atoms with van der Waals surface area (Å²) in [4.78, 5) is 28.8. The smallest absolute Gasteiger partial charge is 0.303 e. The van der Waals surface area contributed by atoms with Gasteiger partial charge in [0, 0.05) is 37.1 Å². The Morgan fingerprint density at radius 3 is 2.85 bits per heavy atom. The number of aryl methyl sites for hydroxylation is 1. The van der Waals surface area contributed by atoms with Crippen molar-refractivity contribution >= 4 is 17.5 Å². The summed E-state index contributed by atoms with van der Waals surface area (Å²) >= 11 is 0. The molecule has 4 heterocycles. The van der Waals surface area contributed by atoms with E-state index in [4.69, 9.17) is 9.72 Å². The Balaban J connectivity index is 1.15. The molecular formula is C26H27FN10O4. The number of carbonyl (C=O) groups is 2. The van der Waals surface area contributed by atoms with Crippen LogP contribution in [-0.4, -0.2) is 58.7 Å². The van der Waals surface area contributed by atoms with Crippen molar-refractivity contribution in [2.24, 2.45) is 0 Å². The molecule has 212 valence electrons. The van der Waals surface area contributed by atoms with Gasteiger partial charge in [-0.05, 0) is 58.9 Å². The summed E-state index contributed by atoms with van der Waals surface area (Å²) in [5.74, 6) is -1.41. The fourth-order valence-corrected chi connectivity index (χ4v) is 4.78. The molecule has 1 saturated carbocycles. The minimum Gasteiger partial charge on any atom is -0.494 e. The van der Waals surface area contributed by atoms with Crippen LogP contribution in [0.15, 0.2) is 48.8 Å². The van der Waals surface area contributed by atoms with Gasteiger partial charge < -0.3 is 19.6 Å². The maximum absolute atomic E-state index is 15.1. The Hall–Kier alpha value is -5.05. The number of ether oxygens (including phenoxy) is 1. The van der Waals surface area contributed by atoms with Gasteiger partial charge in [-0.15, -0.1) is 10.6 Å². The van der Waals surface area contributed by atoms with E-state index in [-0.39, 0.29) is 30.0 Å². The zero-order valence-electron chi connectivity index (χ0n) is 22.0. The maximum atomic E-state index is 15.1. The fraction of sp³-hybridized carbons (Fsp3) is 0.308. The van der Waals surface area contributed by atoms with Crippen LogP contribution in [0.2, 0.25) is 0 Å². The molecule has 2 aliphatic rings. The number of hydrazine groups is 2. The molecule has 15 heteroatoms. The largest absolute Gasteiger partial charge is 0.494 e. The number of carbonyl (C=O) groups excluding carboxylic acids is 1. The summed E-state index contributed by atoms with van der Waals surface area (Å²) in [7, 11) is 1.36. The average Bonchev–Trinajstić information content (AvgIpc) is 3.31. The molecule has 4 N–H and O–H groups in total. The molecule has 3 aromatic heterocycles. The van der Waals surface area contributed by atoms with Gasteiger partial charge in [0.15, 0.2) is 11.6 Å². The molecule has 0 saturated heterocycles. The number of fused-ring (bicyclic) bond motifs is 1. The lowest BCUT2D eigenvalue weighted by Gasteiger charge is -2.14. The Kier molecular flexibility index (Phi) is 6.93. The van der Waals surface area contributed by atoms with Gasteiger partial charge >= 0.3 is 5.97 Å². The molecule has 14 nitrogen and oxygen atoms in total. The molecule has 1 aliphatic carbocycles. The molecule has 0 atom stereocenters. The van der Waals surface area contributed by atoms with E-state index in [9.17, 15) is 14.7 Å². The normalized spacial score (nSPS) is 14.7. The summed E-state index contributed by atoms with van der Waals surface area (Å²) < 4.78 is 23.4. The van der Waals surface area contributed by atoms with Crippen molar-refractivity contribution < 1.29 is 23.8 Å². The fourth-order valence-electron chi connectivity index (χ4n) is 4.78. The van der Waals surface area contributed by atoms with E-state index in [0.29, 0.717) is 24.6 Å². The van der Waals surface area contributed by atoms with Crippen LogP contribution < -0.4 is 21.0 Å². The maximum Gasteiger partial charge on any atom is 0.303 e. The second-order valence-corrected chi connectivity index (χ2v) is 9.85. The molecule has 4 aromatic rings. The standard InChI is InChI=1S/C26H27FN10O4/c1-41-22-6-5-21(37-14-29-32-34-37)19(24(22)27)9-28-26(40)20-13-36(33-31-20)12-18-11-35-10-17(15-2-3-15)8-16(25(35)30-18)4-7-23(38)39/h5-6,8,10-11,13-15,31,33H,2-4,7,9,12H2,1H3,(H,28,40)(H,38,39). The third-order valence-corrected chi connectivity index (χ3v) is 6.98. The van der Waals surface area contributed by atoms with Gasteiger partial charge in [0.25, 0.3) is 5.91 Å². The number of tetrazole rings is 1. The zero-order valence-corrected chi connectivity index (χ0v) is 22.0. The molecule has 6 rings (SSSR count). The number of nitrogens with one attached hydrogen (secondary N) is 3. The topological polar surface area (TPSA) is 164 Å². The van der Waals surface area contributed by atoms with Gasteiger partial charge in [-0.1, -0.05) is 6.07 Å². The van der Waals surface area contributed by atoms with E-state index in [0.717, 1.165) is 29.7 Å². The second kappa shape index (κ2) is 10.8. The van der Waals surface area contributed by atoms with Crippen LogP contribution in [0.5, 0.6) is 5.75 Å². The number of nitrogens with zero attached hydrogens (tertiary/aromatic N) is 7. The number of aliphatic carboxylic acids is 1. The number of halogens is 1. The first-order valence-electron chi connectivity index (χ1n) is 13.0. The van der Waals surface area contributed by atoms with Gasteiger partial charge in [0.05, 0.1) is 25.0 Å². The van der Waals surface area contributed by atoms with Crippen molar-refractivity contribution in [2.45, 2.75) is 44.7 Å². The summed E-state index contributed by atoms with van der Waals surface area (Å²) in [6.45, 7) is 0.182. The number of methoxy groups -OCH3 is 1. The number of carboxylic acids is 1. The van der Waals surface area contributed by atoms with Crippen LogP contribution in [0.25, 0.3) is 11.3 Å². The van der Waals surface area contributed by atoms with E-state index in [1.54, 1.807) is 17.3 Å². The van der Waals surface area contributed by atoms with Gasteiger partial charge in [-0.2, -0.15) is 0 Å². The molecular weight excluding hydrogens is 535 g/mol. The lowest BCUT2D eigenvalue weighted by Crippen LogP contribution is -2.38. The highest BCUT2D eigenvalue weighted by atomic mass is 19.1. The number of hydrogen-bond donors (Lipinski definition) is 4. The van der Waals surface area contributed by atoms with Crippen molar-refractivity contribution in [3.05, 3.63) is 77.0 Å². The number of hydrogen-bond acceptors (Lipinski definition) is 10. The van der Waals surface area contributed by atoms with Gasteiger partial charge in [0.2, 0.25) is 0 Å². The average molecular weight is 563 g/mol. The third-order valence-electron chi connectivity index (χ3n) is 6.98. The predicted octanol–water partition coefficient (Wildman–Crippen LogP) is 1.33. The highest BCUT2D eigenvalue weighted by molar-refractivity contribution is 5.92. The second-order valence-electron chi connectivity index (χ2n) is 9.85. The highest BCUT2D eigenvalue weighted by Gasteiger charge is 2.26. The number of pyridine rings is 1. The molecule has 1 aliphatic heterocycles. The minimum absolute atomic E-state index is 0.0277. The van der Waals surface area contributed by atoms with Crippen molar-refractivity contribution in [1.82, 2.24) is 50.9 Å². The number of aromatic nitrogens is 6. The van der Waals surface area contributed by atoms with Crippen LogP contribution in [0.3, 0.4) is 0 Å². The molecule has 1 fully saturated rings. The first-order valence-corrected chi connectivity index (χ1v) is 13.0. The molecule has 41 heavy (non-hydrogen) atoms. The Morgan fingerprint density at radius 2 is 2.12 bits per heavy atom. The SMILES string of the molecule is COc1ccc(-n2cnnn2)c(CNC(=O)C2=CN(Cc3cn4cc(C5CC5)cc(CCC(=O)O)c4n3)NN2)c1F.